The minimum absolute atomic E-state index is 0.0656. The van der Waals surface area contributed by atoms with Crippen LogP contribution in [0.25, 0.3) is 0 Å². The van der Waals surface area contributed by atoms with Crippen LogP contribution < -0.4 is 10.1 Å². The number of nitrogens with zero attached hydrogens (tertiary/aromatic N) is 3. The Labute approximate surface area is 169 Å². The van der Waals surface area contributed by atoms with Gasteiger partial charge in [-0.05, 0) is 36.0 Å². The fourth-order valence-corrected chi connectivity index (χ4v) is 4.65. The highest BCUT2D eigenvalue weighted by atomic mass is 32.2. The van der Waals surface area contributed by atoms with Crippen LogP contribution in [0.3, 0.4) is 0 Å². The Hall–Kier alpha value is -2.28. The van der Waals surface area contributed by atoms with Gasteiger partial charge in [0.2, 0.25) is 11.1 Å². The van der Waals surface area contributed by atoms with Crippen molar-refractivity contribution in [2.75, 3.05) is 18.2 Å². The Kier molecular flexibility index (Phi) is 4.95. The van der Waals surface area contributed by atoms with E-state index in [1.165, 1.54) is 0 Å². The number of aromatic nitrogens is 3. The third-order valence-electron chi connectivity index (χ3n) is 5.16. The number of thioether (sulfide) groups is 1. The molecule has 0 fully saturated rings. The first-order chi connectivity index (χ1) is 13.4. The van der Waals surface area contributed by atoms with Gasteiger partial charge in [0.1, 0.15) is 11.8 Å². The van der Waals surface area contributed by atoms with Crippen LogP contribution in [-0.4, -0.2) is 33.4 Å². The zero-order valence-corrected chi connectivity index (χ0v) is 17.6. The first kappa shape index (κ1) is 19.1. The first-order valence-corrected chi connectivity index (χ1v) is 10.7. The van der Waals surface area contributed by atoms with Crippen LogP contribution in [0.2, 0.25) is 0 Å². The normalized spacial score (nSPS) is 20.4. The number of benzene rings is 1. The van der Waals surface area contributed by atoms with Crippen molar-refractivity contribution in [3.05, 3.63) is 41.1 Å². The number of anilines is 1. The van der Waals surface area contributed by atoms with E-state index in [4.69, 9.17) is 14.8 Å². The molecule has 7 heteroatoms. The third kappa shape index (κ3) is 3.43. The van der Waals surface area contributed by atoms with E-state index in [-0.39, 0.29) is 17.2 Å². The maximum atomic E-state index is 13.2. The lowest BCUT2D eigenvalue weighted by Crippen LogP contribution is -2.36. The quantitative estimate of drug-likeness (QED) is 0.751. The lowest BCUT2D eigenvalue weighted by atomic mass is 9.73. The molecule has 1 aliphatic carbocycles. The number of hydrogen-bond acceptors (Lipinski definition) is 6. The molecule has 2 aromatic rings. The molecule has 6 nitrogen and oxygen atoms in total. The molecule has 0 amide bonds. The maximum absolute atomic E-state index is 13.2. The Morgan fingerprint density at radius 1 is 1.36 bits per heavy atom. The Bertz CT molecular complexity index is 948. The zero-order chi connectivity index (χ0) is 19.9. The molecule has 1 unspecified atom stereocenters. The highest BCUT2D eigenvalue weighted by Gasteiger charge is 2.41. The predicted octanol–water partition coefficient (Wildman–Crippen LogP) is 4.45. The number of fused-ring (bicyclic) bond motifs is 1. The highest BCUT2D eigenvalue weighted by molar-refractivity contribution is 7.99. The number of ether oxygens (including phenoxy) is 1. The zero-order valence-electron chi connectivity index (χ0n) is 16.8. The molecule has 0 spiro atoms. The van der Waals surface area contributed by atoms with E-state index in [0.29, 0.717) is 12.4 Å². The van der Waals surface area contributed by atoms with Crippen LogP contribution >= 0.6 is 11.8 Å². The Balaban J connectivity index is 1.84. The molecule has 1 aromatic heterocycles. The van der Waals surface area contributed by atoms with Gasteiger partial charge in [-0.15, -0.1) is 5.10 Å². The van der Waals surface area contributed by atoms with Crippen molar-refractivity contribution >= 4 is 23.5 Å². The second-order valence-electron chi connectivity index (χ2n) is 8.15. The molecular weight excluding hydrogens is 372 g/mol. The van der Waals surface area contributed by atoms with Gasteiger partial charge in [0.25, 0.3) is 0 Å². The SMILES string of the molecule is CCCSc1nc2n(n1)C(c1cccc(OC)c1)C1=C(CC(C)(C)CC1=O)N2. The van der Waals surface area contributed by atoms with Crippen molar-refractivity contribution in [1.82, 2.24) is 14.8 Å². The van der Waals surface area contributed by atoms with Gasteiger partial charge in [-0.25, -0.2) is 4.68 Å². The summed E-state index contributed by atoms with van der Waals surface area (Å²) in [6.45, 7) is 6.42. The predicted molar refractivity (Wildman–Crippen MR) is 111 cm³/mol. The summed E-state index contributed by atoms with van der Waals surface area (Å²) in [6.07, 6.45) is 2.41. The lowest BCUT2D eigenvalue weighted by Gasteiger charge is -2.38. The van der Waals surface area contributed by atoms with E-state index in [1.54, 1.807) is 18.9 Å². The van der Waals surface area contributed by atoms with E-state index < -0.39 is 0 Å². The molecule has 2 heterocycles. The minimum Gasteiger partial charge on any atom is -0.497 e. The van der Waals surface area contributed by atoms with Gasteiger partial charge in [0.15, 0.2) is 5.78 Å². The fraction of sp³-hybridized carbons (Fsp3) is 0.476. The molecule has 0 saturated heterocycles. The van der Waals surface area contributed by atoms with E-state index >= 15 is 0 Å². The van der Waals surface area contributed by atoms with Crippen LogP contribution in [0.1, 0.15) is 51.6 Å². The molecule has 0 saturated carbocycles. The number of allylic oxidation sites excluding steroid dienone is 2. The summed E-state index contributed by atoms with van der Waals surface area (Å²) in [5.41, 5.74) is 2.70. The molecule has 0 bridgehead atoms. The molecule has 28 heavy (non-hydrogen) atoms. The van der Waals surface area contributed by atoms with E-state index in [2.05, 4.69) is 26.1 Å². The molecule has 148 valence electrons. The van der Waals surface area contributed by atoms with Gasteiger partial charge < -0.3 is 10.1 Å². The van der Waals surface area contributed by atoms with Gasteiger partial charge in [-0.2, -0.15) is 4.98 Å². The molecule has 0 radical (unpaired) electrons. The molecule has 2 aliphatic rings. The molecule has 4 rings (SSSR count). The summed E-state index contributed by atoms with van der Waals surface area (Å²) in [7, 11) is 1.65. The third-order valence-corrected chi connectivity index (χ3v) is 6.20. The number of ketones is 1. The Morgan fingerprint density at radius 2 is 2.18 bits per heavy atom. The van der Waals surface area contributed by atoms with Gasteiger partial charge in [-0.1, -0.05) is 44.7 Å². The van der Waals surface area contributed by atoms with Gasteiger partial charge in [0.05, 0.1) is 7.11 Å². The van der Waals surface area contributed by atoms with Crippen molar-refractivity contribution in [2.45, 2.75) is 51.2 Å². The number of methoxy groups -OCH3 is 1. The molecule has 1 aromatic carbocycles. The van der Waals surface area contributed by atoms with E-state index in [1.807, 2.05) is 28.9 Å². The first-order valence-electron chi connectivity index (χ1n) is 9.68. The number of rotatable bonds is 5. The average molecular weight is 399 g/mol. The van der Waals surface area contributed by atoms with Crippen molar-refractivity contribution in [1.29, 1.82) is 0 Å². The standard InChI is InChI=1S/C21H26N4O2S/c1-5-9-28-20-23-19-22-15-11-21(2,3)12-16(26)17(15)18(25(19)24-20)13-7-6-8-14(10-13)27-4/h6-8,10,18H,5,9,11-12H2,1-4H3,(H,22,23,24). The maximum Gasteiger partial charge on any atom is 0.227 e. The summed E-state index contributed by atoms with van der Waals surface area (Å²) in [4.78, 5) is 17.9. The van der Waals surface area contributed by atoms with Crippen LogP contribution in [0, 0.1) is 5.41 Å². The number of nitrogens with one attached hydrogen (secondary N) is 1. The van der Waals surface area contributed by atoms with Crippen LogP contribution in [0.5, 0.6) is 5.75 Å². The summed E-state index contributed by atoms with van der Waals surface area (Å²) in [5, 5.41) is 8.90. The van der Waals surface area contributed by atoms with E-state index in [0.717, 1.165) is 46.3 Å². The number of carbonyl (C=O) groups is 1. The second-order valence-corrected chi connectivity index (χ2v) is 9.21. The number of hydrogen-bond donors (Lipinski definition) is 1. The summed E-state index contributed by atoms with van der Waals surface area (Å²) in [5.74, 6) is 2.61. The number of carbonyl (C=O) groups excluding carboxylic acids is 1. The average Bonchev–Trinajstić information content (AvgIpc) is 3.06. The summed E-state index contributed by atoms with van der Waals surface area (Å²) < 4.78 is 7.28. The highest BCUT2D eigenvalue weighted by Crippen LogP contribution is 2.45. The topological polar surface area (TPSA) is 69.0 Å². The fourth-order valence-electron chi connectivity index (χ4n) is 3.96. The molecular formula is C21H26N4O2S. The molecule has 1 N–H and O–H groups in total. The lowest BCUT2D eigenvalue weighted by molar-refractivity contribution is -0.118. The van der Waals surface area contributed by atoms with Crippen molar-refractivity contribution in [2.24, 2.45) is 5.41 Å². The second kappa shape index (κ2) is 7.28. The van der Waals surface area contributed by atoms with Crippen molar-refractivity contribution in [3.63, 3.8) is 0 Å². The largest absolute Gasteiger partial charge is 0.497 e. The van der Waals surface area contributed by atoms with Crippen LogP contribution in [-0.2, 0) is 4.79 Å². The van der Waals surface area contributed by atoms with Crippen molar-refractivity contribution < 1.29 is 9.53 Å². The smallest absolute Gasteiger partial charge is 0.227 e. The monoisotopic (exact) mass is 398 g/mol. The van der Waals surface area contributed by atoms with Gasteiger partial charge in [-0.3, -0.25) is 4.79 Å². The van der Waals surface area contributed by atoms with Crippen LogP contribution in [0.4, 0.5) is 5.95 Å². The summed E-state index contributed by atoms with van der Waals surface area (Å²) in [6, 6.07) is 7.60. The Morgan fingerprint density at radius 3 is 2.93 bits per heavy atom. The summed E-state index contributed by atoms with van der Waals surface area (Å²) >= 11 is 1.64. The van der Waals surface area contributed by atoms with Gasteiger partial charge >= 0.3 is 0 Å². The number of Topliss-reactive ketones (excluding diaryl/α,β-unsaturated/α-hetero) is 1. The molecule has 1 atom stereocenters. The minimum atomic E-state index is -0.284. The van der Waals surface area contributed by atoms with Gasteiger partial charge in [0, 0.05) is 23.4 Å². The van der Waals surface area contributed by atoms with Crippen LogP contribution in [0.15, 0.2) is 40.7 Å². The van der Waals surface area contributed by atoms with Crippen molar-refractivity contribution in [3.8, 4) is 5.75 Å². The van der Waals surface area contributed by atoms with E-state index in [9.17, 15) is 4.79 Å². The molecule has 1 aliphatic heterocycles.